The van der Waals surface area contributed by atoms with Gasteiger partial charge in [-0.2, -0.15) is 0 Å². The van der Waals surface area contributed by atoms with E-state index < -0.39 is 0 Å². The molecule has 0 amide bonds. The first-order valence-electron chi connectivity index (χ1n) is 9.35. The Kier molecular flexibility index (Phi) is 5.00. The van der Waals surface area contributed by atoms with Gasteiger partial charge in [0.1, 0.15) is 5.82 Å². The Morgan fingerprint density at radius 3 is 2.81 bits per heavy atom. The van der Waals surface area contributed by atoms with Gasteiger partial charge in [-0.15, -0.1) is 0 Å². The molecule has 4 rings (SSSR count). The Morgan fingerprint density at radius 2 is 2.00 bits per heavy atom. The average molecular weight is 363 g/mol. The summed E-state index contributed by atoms with van der Waals surface area (Å²) in [6.07, 6.45) is 13.5. The smallest absolute Gasteiger partial charge is 0.171 e. The fraction of sp³-hybridized carbons (Fsp3) is 0.400. The third-order valence-electron chi connectivity index (χ3n) is 4.99. The lowest BCUT2D eigenvalue weighted by atomic mass is 9.97. The van der Waals surface area contributed by atoms with Gasteiger partial charge in [-0.1, -0.05) is 6.07 Å². The number of hydrogen-bond donors (Lipinski definition) is 0. The van der Waals surface area contributed by atoms with E-state index in [1.54, 1.807) is 18.6 Å². The van der Waals surface area contributed by atoms with E-state index in [0.717, 1.165) is 49.9 Å². The highest BCUT2D eigenvalue weighted by molar-refractivity contribution is 5.61. The maximum Gasteiger partial charge on any atom is 0.171 e. The summed E-state index contributed by atoms with van der Waals surface area (Å²) in [6.45, 7) is 2.71. The molecule has 27 heavy (non-hydrogen) atoms. The number of aromatic nitrogens is 5. The molecule has 0 aromatic carbocycles. The molecule has 0 aliphatic carbocycles. The quantitative estimate of drug-likeness (QED) is 0.694. The molecular weight excluding hydrogens is 338 g/mol. The fourth-order valence-electron chi connectivity index (χ4n) is 3.74. The molecule has 0 bridgehead atoms. The minimum Gasteiger partial charge on any atom is -0.360 e. The summed E-state index contributed by atoms with van der Waals surface area (Å²) < 4.78 is 2.24. The number of nitrogens with zero attached hydrogens (tertiary/aromatic N) is 7. The van der Waals surface area contributed by atoms with Crippen molar-refractivity contribution in [2.45, 2.75) is 25.3 Å². The van der Waals surface area contributed by atoms with Crippen LogP contribution in [0, 0.1) is 0 Å². The third kappa shape index (κ3) is 3.77. The highest BCUT2D eigenvalue weighted by atomic mass is 15.3. The molecule has 3 aromatic heterocycles. The average Bonchev–Trinajstić information content (AvgIpc) is 3.17. The van der Waals surface area contributed by atoms with E-state index in [-0.39, 0.29) is 0 Å². The van der Waals surface area contributed by atoms with Gasteiger partial charge in [-0.25, -0.2) is 15.0 Å². The predicted molar refractivity (Wildman–Crippen MR) is 106 cm³/mol. The van der Waals surface area contributed by atoms with Crippen molar-refractivity contribution in [3.8, 4) is 0 Å². The number of rotatable bonds is 5. The van der Waals surface area contributed by atoms with Gasteiger partial charge < -0.3 is 14.4 Å². The van der Waals surface area contributed by atoms with E-state index in [0.29, 0.717) is 5.92 Å². The molecular formula is C20H25N7. The Balaban J connectivity index is 1.56. The van der Waals surface area contributed by atoms with Crippen molar-refractivity contribution in [1.29, 1.82) is 0 Å². The van der Waals surface area contributed by atoms with Crippen LogP contribution in [0.1, 0.15) is 30.1 Å². The molecule has 7 nitrogen and oxygen atoms in total. The maximum atomic E-state index is 4.69. The van der Waals surface area contributed by atoms with Crippen molar-refractivity contribution in [2.24, 2.45) is 0 Å². The first kappa shape index (κ1) is 17.5. The molecule has 0 unspecified atom stereocenters. The summed E-state index contributed by atoms with van der Waals surface area (Å²) in [5.41, 5.74) is 1.19. The van der Waals surface area contributed by atoms with E-state index in [1.165, 1.54) is 5.56 Å². The van der Waals surface area contributed by atoms with E-state index >= 15 is 0 Å². The molecule has 1 saturated heterocycles. The van der Waals surface area contributed by atoms with Gasteiger partial charge in [0.25, 0.3) is 0 Å². The lowest BCUT2D eigenvalue weighted by molar-refractivity contribution is 0.474. The van der Waals surface area contributed by atoms with Gasteiger partial charge in [0, 0.05) is 70.3 Å². The summed E-state index contributed by atoms with van der Waals surface area (Å²) >= 11 is 0. The van der Waals surface area contributed by atoms with Gasteiger partial charge >= 0.3 is 0 Å². The zero-order valence-electron chi connectivity index (χ0n) is 15.9. The Hall–Kier alpha value is -2.96. The molecule has 1 fully saturated rings. The Bertz CT molecular complexity index is 875. The normalized spacial score (nSPS) is 17.1. The SMILES string of the molecule is CN(C)c1nccnc1N1CCC[C@@H](c2nccn2Cc2cccnc2)C1. The molecule has 1 atom stereocenters. The molecule has 3 aromatic rings. The molecule has 4 heterocycles. The molecule has 7 heteroatoms. The molecule has 1 aliphatic heterocycles. The second-order valence-corrected chi connectivity index (χ2v) is 7.16. The summed E-state index contributed by atoms with van der Waals surface area (Å²) in [7, 11) is 4.02. The van der Waals surface area contributed by atoms with Crippen LogP contribution in [0.15, 0.2) is 49.3 Å². The molecule has 1 aliphatic rings. The van der Waals surface area contributed by atoms with Crippen LogP contribution in [0.25, 0.3) is 0 Å². The lowest BCUT2D eigenvalue weighted by Gasteiger charge is -2.34. The number of pyridine rings is 1. The molecule has 140 valence electrons. The van der Waals surface area contributed by atoms with Crippen molar-refractivity contribution in [2.75, 3.05) is 37.0 Å². The van der Waals surface area contributed by atoms with E-state index in [1.807, 2.05) is 37.5 Å². The van der Waals surface area contributed by atoms with Crippen LogP contribution >= 0.6 is 0 Å². The third-order valence-corrected chi connectivity index (χ3v) is 4.99. The number of piperidine rings is 1. The van der Waals surface area contributed by atoms with Crippen LogP contribution in [0.4, 0.5) is 11.6 Å². The molecule has 0 saturated carbocycles. The number of anilines is 2. The van der Waals surface area contributed by atoms with Gasteiger partial charge in [-0.05, 0) is 24.5 Å². The number of imidazole rings is 1. The van der Waals surface area contributed by atoms with Crippen molar-refractivity contribution < 1.29 is 0 Å². The second kappa shape index (κ2) is 7.73. The van der Waals surface area contributed by atoms with E-state index in [2.05, 4.69) is 36.7 Å². The largest absolute Gasteiger partial charge is 0.360 e. The number of hydrogen-bond acceptors (Lipinski definition) is 6. The summed E-state index contributed by atoms with van der Waals surface area (Å²) in [6, 6.07) is 4.08. The standard InChI is InChI=1S/C20H25N7/c1-25(2)19-20(23-9-8-22-19)26-11-4-6-17(15-26)18-24-10-12-27(18)14-16-5-3-7-21-13-16/h3,5,7-10,12-13,17H,4,6,11,14-15H2,1-2H3/t17-/m1/s1. The first-order valence-corrected chi connectivity index (χ1v) is 9.35. The maximum absolute atomic E-state index is 4.69. The predicted octanol–water partition coefficient (Wildman–Crippen LogP) is 2.57. The Labute approximate surface area is 159 Å². The summed E-state index contributed by atoms with van der Waals surface area (Å²) in [5, 5.41) is 0. The van der Waals surface area contributed by atoms with E-state index in [4.69, 9.17) is 4.98 Å². The summed E-state index contributed by atoms with van der Waals surface area (Å²) in [5.74, 6) is 3.38. The summed E-state index contributed by atoms with van der Waals surface area (Å²) in [4.78, 5) is 22.4. The van der Waals surface area contributed by atoms with Crippen LogP contribution in [-0.2, 0) is 6.54 Å². The lowest BCUT2D eigenvalue weighted by Crippen LogP contribution is -2.37. The topological polar surface area (TPSA) is 63.0 Å². The minimum absolute atomic E-state index is 0.377. The monoisotopic (exact) mass is 363 g/mol. The molecule has 0 radical (unpaired) electrons. The van der Waals surface area contributed by atoms with Crippen LogP contribution in [0.3, 0.4) is 0 Å². The van der Waals surface area contributed by atoms with Crippen molar-refractivity contribution in [1.82, 2.24) is 24.5 Å². The fourth-order valence-corrected chi connectivity index (χ4v) is 3.74. The second-order valence-electron chi connectivity index (χ2n) is 7.16. The van der Waals surface area contributed by atoms with Crippen molar-refractivity contribution in [3.63, 3.8) is 0 Å². The zero-order valence-corrected chi connectivity index (χ0v) is 15.9. The first-order chi connectivity index (χ1) is 13.2. The van der Waals surface area contributed by atoms with Crippen LogP contribution in [0.2, 0.25) is 0 Å². The van der Waals surface area contributed by atoms with Crippen LogP contribution < -0.4 is 9.80 Å². The van der Waals surface area contributed by atoms with Crippen LogP contribution in [-0.4, -0.2) is 51.7 Å². The van der Waals surface area contributed by atoms with Gasteiger partial charge in [0.05, 0.1) is 6.54 Å². The van der Waals surface area contributed by atoms with Gasteiger partial charge in [0.15, 0.2) is 11.6 Å². The van der Waals surface area contributed by atoms with Crippen molar-refractivity contribution >= 4 is 11.6 Å². The highest BCUT2D eigenvalue weighted by Gasteiger charge is 2.27. The minimum atomic E-state index is 0.377. The van der Waals surface area contributed by atoms with Crippen molar-refractivity contribution in [3.05, 3.63) is 60.7 Å². The Morgan fingerprint density at radius 1 is 1.11 bits per heavy atom. The molecule has 0 spiro atoms. The highest BCUT2D eigenvalue weighted by Crippen LogP contribution is 2.31. The van der Waals surface area contributed by atoms with Crippen LogP contribution in [0.5, 0.6) is 0 Å². The van der Waals surface area contributed by atoms with E-state index in [9.17, 15) is 0 Å². The zero-order chi connectivity index (χ0) is 18.6. The van der Waals surface area contributed by atoms with Gasteiger partial charge in [0.2, 0.25) is 0 Å². The molecule has 0 N–H and O–H groups in total. The van der Waals surface area contributed by atoms with Gasteiger partial charge in [-0.3, -0.25) is 4.98 Å².